The molecule has 0 fully saturated rings. The first-order valence-corrected chi connectivity index (χ1v) is 6.31. The van der Waals surface area contributed by atoms with Gasteiger partial charge >= 0.3 is 5.97 Å². The van der Waals surface area contributed by atoms with Crippen LogP contribution in [0.4, 0.5) is 0 Å². The van der Waals surface area contributed by atoms with Gasteiger partial charge in [0.05, 0.1) is 6.42 Å². The molecule has 86 valence electrons. The van der Waals surface area contributed by atoms with Gasteiger partial charge in [0.1, 0.15) is 0 Å². The molecular formula is C13H13BO2S. The fraction of sp³-hybridized carbons (Fsp3) is 0.154. The smallest absolute Gasteiger partial charge is 0.304 e. The Morgan fingerprint density at radius 2 is 1.94 bits per heavy atom. The van der Waals surface area contributed by atoms with Crippen molar-refractivity contribution in [1.82, 2.24) is 0 Å². The Morgan fingerprint density at radius 1 is 1.24 bits per heavy atom. The van der Waals surface area contributed by atoms with Gasteiger partial charge < -0.3 is 5.11 Å². The zero-order valence-corrected chi connectivity index (χ0v) is 10.4. The number of aliphatic carboxylic acids is 1. The molecule has 0 saturated heterocycles. The van der Waals surface area contributed by atoms with Crippen molar-refractivity contribution in [2.45, 2.75) is 12.3 Å². The lowest BCUT2D eigenvalue weighted by Gasteiger charge is -2.13. The van der Waals surface area contributed by atoms with Gasteiger partial charge in [0.2, 0.25) is 0 Å². The van der Waals surface area contributed by atoms with Crippen LogP contribution in [0.3, 0.4) is 0 Å². The number of thiophene rings is 1. The lowest BCUT2D eigenvalue weighted by molar-refractivity contribution is -0.137. The van der Waals surface area contributed by atoms with Crippen molar-refractivity contribution in [3.05, 3.63) is 52.9 Å². The summed E-state index contributed by atoms with van der Waals surface area (Å²) in [5.41, 5.74) is 1.07. The number of benzene rings is 1. The van der Waals surface area contributed by atoms with Crippen LogP contribution in [0.25, 0.3) is 0 Å². The van der Waals surface area contributed by atoms with Crippen LogP contribution in [0.15, 0.2) is 42.5 Å². The van der Waals surface area contributed by atoms with Gasteiger partial charge in [0.25, 0.3) is 0 Å². The number of carboxylic acids is 1. The van der Waals surface area contributed by atoms with Crippen molar-refractivity contribution in [3.8, 4) is 0 Å². The number of hydrogen-bond acceptors (Lipinski definition) is 2. The Hall–Kier alpha value is -1.55. The highest BCUT2D eigenvalue weighted by Gasteiger charge is 2.18. The maximum absolute atomic E-state index is 11.0. The first-order chi connectivity index (χ1) is 8.16. The molecule has 2 aromatic rings. The van der Waals surface area contributed by atoms with E-state index >= 15 is 0 Å². The lowest BCUT2D eigenvalue weighted by Crippen LogP contribution is -2.06. The molecule has 0 saturated carbocycles. The Morgan fingerprint density at radius 3 is 2.47 bits per heavy atom. The molecular weight excluding hydrogens is 231 g/mol. The quantitative estimate of drug-likeness (QED) is 0.829. The molecule has 0 amide bonds. The Labute approximate surface area is 105 Å². The number of hydrogen-bond donors (Lipinski definition) is 1. The topological polar surface area (TPSA) is 37.3 Å². The normalized spacial score (nSPS) is 12.2. The van der Waals surface area contributed by atoms with Crippen molar-refractivity contribution in [2.24, 2.45) is 0 Å². The molecule has 0 radical (unpaired) electrons. The zero-order chi connectivity index (χ0) is 12.3. The molecule has 0 aliphatic heterocycles. The monoisotopic (exact) mass is 244 g/mol. The maximum atomic E-state index is 11.0. The SMILES string of the molecule is Bc1ccc([C@@H](CC(=O)O)c2ccccc2)s1. The molecule has 0 aliphatic rings. The van der Waals surface area contributed by atoms with Crippen LogP contribution in [0, 0.1) is 0 Å². The molecule has 0 spiro atoms. The van der Waals surface area contributed by atoms with Gasteiger partial charge in [-0.25, -0.2) is 0 Å². The van der Waals surface area contributed by atoms with Crippen molar-refractivity contribution in [3.63, 3.8) is 0 Å². The first kappa shape index (κ1) is 11.9. The van der Waals surface area contributed by atoms with Crippen LogP contribution < -0.4 is 4.78 Å². The van der Waals surface area contributed by atoms with Gasteiger partial charge in [0, 0.05) is 10.8 Å². The summed E-state index contributed by atoms with van der Waals surface area (Å²) in [4.78, 5) is 12.1. The van der Waals surface area contributed by atoms with Gasteiger partial charge in [-0.1, -0.05) is 36.4 Å². The third-order valence-corrected chi connectivity index (χ3v) is 3.80. The summed E-state index contributed by atoms with van der Waals surface area (Å²) in [5, 5.41) is 9.02. The Kier molecular flexibility index (Phi) is 3.64. The molecule has 0 bridgehead atoms. The minimum Gasteiger partial charge on any atom is -0.481 e. The van der Waals surface area contributed by atoms with E-state index in [1.807, 2.05) is 50.3 Å². The van der Waals surface area contributed by atoms with Crippen LogP contribution in [-0.4, -0.2) is 18.9 Å². The summed E-state index contributed by atoms with van der Waals surface area (Å²) in [7, 11) is 2.04. The van der Waals surface area contributed by atoms with Crippen LogP contribution in [0.2, 0.25) is 0 Å². The molecule has 0 aliphatic carbocycles. The van der Waals surface area contributed by atoms with Gasteiger partial charge in [-0.05, 0) is 16.4 Å². The molecule has 4 heteroatoms. The minimum absolute atomic E-state index is 0.0348. The van der Waals surface area contributed by atoms with E-state index in [1.165, 1.54) is 4.78 Å². The maximum Gasteiger partial charge on any atom is 0.304 e. The highest BCUT2D eigenvalue weighted by atomic mass is 32.1. The largest absolute Gasteiger partial charge is 0.481 e. The van der Waals surface area contributed by atoms with Crippen molar-refractivity contribution in [1.29, 1.82) is 0 Å². The summed E-state index contributed by atoms with van der Waals surface area (Å²) in [5.74, 6) is -0.794. The second-order valence-electron chi connectivity index (χ2n) is 4.01. The third-order valence-electron chi connectivity index (χ3n) is 2.69. The second-order valence-corrected chi connectivity index (χ2v) is 5.33. The molecule has 1 aromatic heterocycles. The summed E-state index contributed by atoms with van der Waals surface area (Å²) in [6.07, 6.45) is 0.143. The average Bonchev–Trinajstić information content (AvgIpc) is 2.73. The third kappa shape index (κ3) is 2.97. The van der Waals surface area contributed by atoms with Crippen molar-refractivity contribution in [2.75, 3.05) is 0 Å². The fourth-order valence-corrected chi connectivity index (χ4v) is 2.89. The number of carboxylic acid groups (broad SMARTS) is 1. The average molecular weight is 244 g/mol. The van der Waals surface area contributed by atoms with E-state index in [4.69, 9.17) is 5.11 Å². The van der Waals surface area contributed by atoms with Gasteiger partial charge in [-0.3, -0.25) is 4.79 Å². The minimum atomic E-state index is -0.759. The van der Waals surface area contributed by atoms with E-state index < -0.39 is 5.97 Å². The molecule has 2 nitrogen and oxygen atoms in total. The highest BCUT2D eigenvalue weighted by Crippen LogP contribution is 2.30. The molecule has 1 heterocycles. The summed E-state index contributed by atoms with van der Waals surface area (Å²) in [6.45, 7) is 0. The van der Waals surface area contributed by atoms with E-state index in [-0.39, 0.29) is 12.3 Å². The number of carbonyl (C=O) groups is 1. The van der Waals surface area contributed by atoms with Gasteiger partial charge in [-0.15, -0.1) is 0 Å². The standard InChI is InChI=1S/C13H13BO2S/c14-12-7-6-11(17-12)10(8-13(15)16)9-4-2-1-3-5-9/h1-7,10H,8,14H2,(H,15,16)/t10-/m0/s1. The molecule has 1 atom stereocenters. The molecule has 17 heavy (non-hydrogen) atoms. The second kappa shape index (κ2) is 5.19. The van der Waals surface area contributed by atoms with Crippen LogP contribution in [-0.2, 0) is 4.79 Å². The summed E-state index contributed by atoms with van der Waals surface area (Å²) in [6, 6.07) is 13.9. The van der Waals surface area contributed by atoms with Crippen molar-refractivity contribution >= 4 is 29.9 Å². The van der Waals surface area contributed by atoms with Gasteiger partial charge in [0.15, 0.2) is 7.85 Å². The molecule has 1 N–H and O–H groups in total. The molecule has 0 unspecified atom stereocenters. The van der Waals surface area contributed by atoms with E-state index in [2.05, 4.69) is 0 Å². The molecule has 1 aromatic carbocycles. The van der Waals surface area contributed by atoms with E-state index in [1.54, 1.807) is 11.3 Å². The summed E-state index contributed by atoms with van der Waals surface area (Å²) >= 11 is 1.67. The Bertz CT molecular complexity index is 507. The summed E-state index contributed by atoms with van der Waals surface area (Å²) < 4.78 is 1.21. The van der Waals surface area contributed by atoms with Gasteiger partial charge in [-0.2, -0.15) is 11.3 Å². The van der Waals surface area contributed by atoms with E-state index in [0.717, 1.165) is 10.4 Å². The van der Waals surface area contributed by atoms with Crippen molar-refractivity contribution < 1.29 is 9.90 Å². The van der Waals surface area contributed by atoms with Crippen LogP contribution in [0.1, 0.15) is 22.8 Å². The fourth-order valence-electron chi connectivity index (χ4n) is 1.88. The molecule has 2 rings (SSSR count). The number of rotatable bonds is 4. The van der Waals surface area contributed by atoms with Crippen LogP contribution >= 0.6 is 11.3 Å². The first-order valence-electron chi connectivity index (χ1n) is 5.50. The zero-order valence-electron chi connectivity index (χ0n) is 9.59. The van der Waals surface area contributed by atoms with E-state index in [9.17, 15) is 4.79 Å². The predicted octanol–water partition coefficient (Wildman–Crippen LogP) is 1.61. The predicted molar refractivity (Wildman–Crippen MR) is 73.0 cm³/mol. The van der Waals surface area contributed by atoms with Crippen LogP contribution in [0.5, 0.6) is 0 Å². The Balaban J connectivity index is 2.35. The highest BCUT2D eigenvalue weighted by molar-refractivity contribution is 7.20. The lowest BCUT2D eigenvalue weighted by atomic mass is 9.94. The van der Waals surface area contributed by atoms with E-state index in [0.29, 0.717) is 0 Å².